The molecule has 1 heterocycles. The summed E-state index contributed by atoms with van der Waals surface area (Å²) in [6.07, 6.45) is 2.16. The van der Waals surface area contributed by atoms with Gasteiger partial charge in [-0.05, 0) is 54.5 Å². The molecule has 0 bridgehead atoms. The van der Waals surface area contributed by atoms with Gasteiger partial charge in [-0.3, -0.25) is 9.59 Å². The summed E-state index contributed by atoms with van der Waals surface area (Å²) in [4.78, 5) is 30.1. The summed E-state index contributed by atoms with van der Waals surface area (Å²) in [7, 11) is -3.87. The lowest BCUT2D eigenvalue weighted by Crippen LogP contribution is -2.51. The van der Waals surface area contributed by atoms with Crippen molar-refractivity contribution in [3.63, 3.8) is 0 Å². The van der Waals surface area contributed by atoms with Gasteiger partial charge in [-0.1, -0.05) is 58.0 Å². The van der Waals surface area contributed by atoms with Crippen LogP contribution in [0.2, 0.25) is 0 Å². The average molecular weight is 546 g/mol. The first-order chi connectivity index (χ1) is 17.9. The van der Waals surface area contributed by atoms with Gasteiger partial charge in [0.05, 0.1) is 11.4 Å². The number of sulfonamides is 1. The molecule has 2 amide bonds. The Labute approximate surface area is 226 Å². The molecule has 1 saturated heterocycles. The first-order valence-electron chi connectivity index (χ1n) is 13.3. The van der Waals surface area contributed by atoms with Crippen molar-refractivity contribution in [1.29, 1.82) is 0 Å². The van der Waals surface area contributed by atoms with Crippen LogP contribution in [-0.2, 0) is 26.2 Å². The summed E-state index contributed by atoms with van der Waals surface area (Å²) in [5, 5.41) is 0. The third-order valence-electron chi connectivity index (χ3n) is 6.67. The highest BCUT2D eigenvalue weighted by Crippen LogP contribution is 2.25. The fourth-order valence-corrected chi connectivity index (χ4v) is 6.26. The summed E-state index contributed by atoms with van der Waals surface area (Å²) in [5.74, 6) is -0.625. The van der Waals surface area contributed by atoms with Crippen LogP contribution in [0.25, 0.3) is 0 Å². The fourth-order valence-electron chi connectivity index (χ4n) is 4.76. The van der Waals surface area contributed by atoms with Crippen molar-refractivity contribution in [1.82, 2.24) is 14.1 Å². The molecule has 1 fully saturated rings. The Hall–Kier alpha value is -2.78. The van der Waals surface area contributed by atoms with Gasteiger partial charge < -0.3 is 9.80 Å². The molecule has 0 unspecified atom stereocenters. The SMILES string of the molecule is CCCN(CC(=O)N(Cc1cccc(F)c1)C1CCN(C(=O)CC(C)(C)C)CC1)S(=O)(=O)c1ccccc1. The number of rotatable bonds is 10. The van der Waals surface area contributed by atoms with Crippen LogP contribution in [0.3, 0.4) is 0 Å². The van der Waals surface area contributed by atoms with E-state index in [2.05, 4.69) is 0 Å². The van der Waals surface area contributed by atoms with Crippen molar-refractivity contribution in [2.24, 2.45) is 5.41 Å². The minimum atomic E-state index is -3.87. The van der Waals surface area contributed by atoms with E-state index in [1.165, 1.54) is 28.6 Å². The lowest BCUT2D eigenvalue weighted by molar-refractivity contribution is -0.138. The van der Waals surface area contributed by atoms with E-state index < -0.39 is 15.8 Å². The Bertz CT molecular complexity index is 1190. The number of hydrogen-bond acceptors (Lipinski definition) is 4. The molecule has 0 N–H and O–H groups in total. The minimum Gasteiger partial charge on any atom is -0.343 e. The molecule has 1 aliphatic rings. The third-order valence-corrected chi connectivity index (χ3v) is 8.53. The van der Waals surface area contributed by atoms with E-state index in [9.17, 15) is 22.4 Å². The molecule has 0 saturated carbocycles. The molecule has 1 aliphatic heterocycles. The van der Waals surface area contributed by atoms with Crippen LogP contribution in [0.15, 0.2) is 59.5 Å². The Balaban J connectivity index is 1.81. The molecule has 2 aromatic carbocycles. The number of carbonyl (C=O) groups excluding carboxylic acids is 2. The maximum Gasteiger partial charge on any atom is 0.243 e. The zero-order valence-corrected chi connectivity index (χ0v) is 23.7. The highest BCUT2D eigenvalue weighted by atomic mass is 32.2. The topological polar surface area (TPSA) is 78.0 Å². The quantitative estimate of drug-likeness (QED) is 0.434. The second kappa shape index (κ2) is 12.8. The van der Waals surface area contributed by atoms with Crippen LogP contribution in [0.5, 0.6) is 0 Å². The van der Waals surface area contributed by atoms with Crippen LogP contribution in [0, 0.1) is 11.2 Å². The van der Waals surface area contributed by atoms with Crippen molar-refractivity contribution in [3.8, 4) is 0 Å². The number of amides is 2. The number of carbonyl (C=O) groups is 2. The molecule has 0 radical (unpaired) electrons. The van der Waals surface area contributed by atoms with E-state index in [-0.39, 0.29) is 47.8 Å². The summed E-state index contributed by atoms with van der Waals surface area (Å²) in [6, 6.07) is 14.0. The van der Waals surface area contributed by atoms with Gasteiger partial charge >= 0.3 is 0 Å². The summed E-state index contributed by atoms with van der Waals surface area (Å²) in [5.41, 5.74) is 0.526. The summed E-state index contributed by atoms with van der Waals surface area (Å²) in [6.45, 7) is 9.07. The van der Waals surface area contributed by atoms with Crippen LogP contribution in [0.4, 0.5) is 4.39 Å². The lowest BCUT2D eigenvalue weighted by Gasteiger charge is -2.40. The predicted molar refractivity (Wildman–Crippen MR) is 146 cm³/mol. The Morgan fingerprint density at radius 3 is 2.26 bits per heavy atom. The van der Waals surface area contributed by atoms with Crippen molar-refractivity contribution >= 4 is 21.8 Å². The standard InChI is InChI=1S/C29H40FN3O4S/c1-5-16-32(38(36,37)26-12-7-6-8-13-26)22-28(35)33(21-23-10-9-11-24(30)19-23)25-14-17-31(18-15-25)27(34)20-29(2,3)4/h6-13,19,25H,5,14-18,20-22H2,1-4H3. The second-order valence-electron chi connectivity index (χ2n) is 11.2. The highest BCUT2D eigenvalue weighted by Gasteiger charge is 2.33. The molecule has 3 rings (SSSR count). The Morgan fingerprint density at radius 1 is 1.03 bits per heavy atom. The van der Waals surface area contributed by atoms with Crippen molar-refractivity contribution in [2.45, 2.75) is 70.9 Å². The van der Waals surface area contributed by atoms with Crippen molar-refractivity contribution < 1.29 is 22.4 Å². The number of benzene rings is 2. The van der Waals surface area contributed by atoms with Gasteiger partial charge in [0.1, 0.15) is 5.82 Å². The molecule has 38 heavy (non-hydrogen) atoms. The number of nitrogens with zero attached hydrogens (tertiary/aromatic N) is 3. The van der Waals surface area contributed by atoms with E-state index in [1.807, 2.05) is 32.6 Å². The van der Waals surface area contributed by atoms with Gasteiger partial charge in [0, 0.05) is 38.6 Å². The molecule has 7 nitrogen and oxygen atoms in total. The van der Waals surface area contributed by atoms with E-state index >= 15 is 0 Å². The largest absolute Gasteiger partial charge is 0.343 e. The molecule has 9 heteroatoms. The average Bonchev–Trinajstić information content (AvgIpc) is 2.86. The van der Waals surface area contributed by atoms with Crippen molar-refractivity contribution in [2.75, 3.05) is 26.2 Å². The van der Waals surface area contributed by atoms with Gasteiger partial charge in [0.25, 0.3) is 0 Å². The molecule has 208 valence electrons. The number of halogens is 1. The first-order valence-corrected chi connectivity index (χ1v) is 14.7. The molecular formula is C29H40FN3O4S. The van der Waals surface area contributed by atoms with Gasteiger partial charge in [-0.2, -0.15) is 4.31 Å². The highest BCUT2D eigenvalue weighted by molar-refractivity contribution is 7.89. The summed E-state index contributed by atoms with van der Waals surface area (Å²) >= 11 is 0. The number of likely N-dealkylation sites (tertiary alicyclic amines) is 1. The van der Waals surface area contributed by atoms with Crippen LogP contribution >= 0.6 is 0 Å². The molecule has 0 aromatic heterocycles. The molecule has 2 aromatic rings. The van der Waals surface area contributed by atoms with Crippen LogP contribution in [0.1, 0.15) is 58.9 Å². The molecule has 0 spiro atoms. The van der Waals surface area contributed by atoms with Crippen molar-refractivity contribution in [3.05, 3.63) is 66.0 Å². The second-order valence-corrected chi connectivity index (χ2v) is 13.1. The van der Waals surface area contributed by atoms with E-state index in [4.69, 9.17) is 0 Å². The van der Waals surface area contributed by atoms with Gasteiger partial charge in [-0.15, -0.1) is 0 Å². The molecule has 0 atom stereocenters. The predicted octanol–water partition coefficient (Wildman–Crippen LogP) is 4.68. The van der Waals surface area contributed by atoms with E-state index in [1.54, 1.807) is 35.2 Å². The third kappa shape index (κ3) is 8.11. The van der Waals surface area contributed by atoms with Crippen LogP contribution < -0.4 is 0 Å². The normalized spacial score (nSPS) is 15.1. The Kier molecular flexibility index (Phi) is 10.1. The summed E-state index contributed by atoms with van der Waals surface area (Å²) < 4.78 is 41.9. The zero-order chi connectivity index (χ0) is 27.9. The fraction of sp³-hybridized carbons (Fsp3) is 0.517. The number of piperidine rings is 1. The lowest BCUT2D eigenvalue weighted by atomic mass is 9.91. The van der Waals surface area contributed by atoms with E-state index in [0.29, 0.717) is 44.3 Å². The van der Waals surface area contributed by atoms with Gasteiger partial charge in [-0.25, -0.2) is 12.8 Å². The first kappa shape index (κ1) is 29.8. The smallest absolute Gasteiger partial charge is 0.243 e. The van der Waals surface area contributed by atoms with E-state index in [0.717, 1.165) is 0 Å². The van der Waals surface area contributed by atoms with Gasteiger partial charge in [0.15, 0.2) is 0 Å². The monoisotopic (exact) mass is 545 g/mol. The maximum atomic E-state index is 14.0. The number of hydrogen-bond donors (Lipinski definition) is 0. The molecular weight excluding hydrogens is 505 g/mol. The maximum absolute atomic E-state index is 14.0. The van der Waals surface area contributed by atoms with Gasteiger partial charge in [0.2, 0.25) is 21.8 Å². The minimum absolute atomic E-state index is 0.0991. The molecule has 0 aliphatic carbocycles. The van der Waals surface area contributed by atoms with Crippen LogP contribution in [-0.4, -0.2) is 66.6 Å². The zero-order valence-electron chi connectivity index (χ0n) is 22.9. The Morgan fingerprint density at radius 2 is 1.68 bits per heavy atom.